The van der Waals surface area contributed by atoms with Crippen molar-refractivity contribution < 1.29 is 36.3 Å². The van der Waals surface area contributed by atoms with E-state index in [1.165, 1.54) is 13.0 Å². The van der Waals surface area contributed by atoms with Gasteiger partial charge in [0.2, 0.25) is 5.89 Å². The van der Waals surface area contributed by atoms with Gasteiger partial charge in [0.25, 0.3) is 5.91 Å². The van der Waals surface area contributed by atoms with Crippen molar-refractivity contribution in [2.24, 2.45) is 0 Å². The number of fused-ring (bicyclic) bond motifs is 1. The van der Waals surface area contributed by atoms with Gasteiger partial charge in [-0.05, 0) is 30.7 Å². The van der Waals surface area contributed by atoms with Crippen molar-refractivity contribution in [2.45, 2.75) is 19.4 Å². The summed E-state index contributed by atoms with van der Waals surface area (Å²) in [6.45, 7) is 1.48. The summed E-state index contributed by atoms with van der Waals surface area (Å²) < 4.78 is 65.6. The third kappa shape index (κ3) is 4.34. The number of para-hydroxylation sites is 2. The minimum Gasteiger partial charge on any atom is -0.449 e. The molecule has 174 valence electrons. The van der Waals surface area contributed by atoms with Gasteiger partial charge in [-0.25, -0.2) is 27.3 Å². The molecule has 0 bridgehead atoms. The van der Waals surface area contributed by atoms with Crippen molar-refractivity contribution in [3.05, 3.63) is 83.4 Å². The van der Waals surface area contributed by atoms with Crippen LogP contribution in [0.3, 0.4) is 0 Å². The van der Waals surface area contributed by atoms with Crippen molar-refractivity contribution in [1.29, 1.82) is 0 Å². The van der Waals surface area contributed by atoms with Crippen molar-refractivity contribution in [2.75, 3.05) is 5.32 Å². The number of hydrogen-bond donors (Lipinski definition) is 1. The largest absolute Gasteiger partial charge is 0.449 e. The van der Waals surface area contributed by atoms with Crippen LogP contribution in [0.1, 0.15) is 23.7 Å². The highest BCUT2D eigenvalue weighted by molar-refractivity contribution is 6.00. The van der Waals surface area contributed by atoms with Gasteiger partial charge in [0, 0.05) is 6.07 Å². The van der Waals surface area contributed by atoms with Crippen LogP contribution in [0.25, 0.3) is 22.6 Å². The van der Waals surface area contributed by atoms with E-state index in [9.17, 15) is 27.2 Å². The number of amides is 1. The Bertz CT molecular complexity index is 1340. The summed E-state index contributed by atoms with van der Waals surface area (Å²) in [6.07, 6.45) is -1.61. The normalized spacial score (nSPS) is 11.9. The van der Waals surface area contributed by atoms with Crippen molar-refractivity contribution in [3.8, 4) is 11.5 Å². The molecule has 0 spiro atoms. The van der Waals surface area contributed by atoms with Crippen LogP contribution in [0.15, 0.2) is 59.0 Å². The summed E-state index contributed by atoms with van der Waals surface area (Å²) in [4.78, 5) is 29.7. The standard InChI is InChI=1S/C24H16F4N2O4/c1-2-17(22(31)30-21-19(27)14(25)11-15(26)20(21)28)34-24(32)13-8-4-3-7-12(13)23-29-16-9-5-6-10-18(16)33-23/h3-11,17H,2H2,1H3,(H,30,31). The highest BCUT2D eigenvalue weighted by Gasteiger charge is 2.28. The third-order valence-corrected chi connectivity index (χ3v) is 4.94. The zero-order valence-electron chi connectivity index (χ0n) is 17.6. The van der Waals surface area contributed by atoms with E-state index in [2.05, 4.69) is 4.98 Å². The minimum absolute atomic E-state index is 0.0146. The lowest BCUT2D eigenvalue weighted by Gasteiger charge is -2.17. The Labute approximate surface area is 190 Å². The second kappa shape index (κ2) is 9.34. The molecule has 0 saturated heterocycles. The highest BCUT2D eigenvalue weighted by atomic mass is 19.2. The van der Waals surface area contributed by atoms with Crippen LogP contribution in [-0.2, 0) is 9.53 Å². The van der Waals surface area contributed by atoms with Gasteiger partial charge < -0.3 is 14.5 Å². The number of nitrogens with one attached hydrogen (secondary N) is 1. The minimum atomic E-state index is -1.78. The first-order chi connectivity index (χ1) is 16.3. The molecule has 0 fully saturated rings. The highest BCUT2D eigenvalue weighted by Crippen LogP contribution is 2.28. The lowest BCUT2D eigenvalue weighted by atomic mass is 10.1. The molecule has 0 aliphatic rings. The van der Waals surface area contributed by atoms with Gasteiger partial charge >= 0.3 is 5.97 Å². The van der Waals surface area contributed by atoms with Gasteiger partial charge in [-0.3, -0.25) is 4.79 Å². The molecule has 1 N–H and O–H groups in total. The molecule has 1 amide bonds. The summed E-state index contributed by atoms with van der Waals surface area (Å²) in [7, 11) is 0. The van der Waals surface area contributed by atoms with Gasteiger partial charge in [0.05, 0.1) is 11.1 Å². The molecule has 0 aliphatic heterocycles. The van der Waals surface area contributed by atoms with Crippen LogP contribution < -0.4 is 5.32 Å². The molecule has 0 saturated carbocycles. The molecular weight excluding hydrogens is 456 g/mol. The smallest absolute Gasteiger partial charge is 0.339 e. The predicted molar refractivity (Wildman–Crippen MR) is 114 cm³/mol. The first-order valence-corrected chi connectivity index (χ1v) is 10.1. The molecule has 4 rings (SSSR count). The lowest BCUT2D eigenvalue weighted by Crippen LogP contribution is -2.33. The Balaban J connectivity index is 1.58. The van der Waals surface area contributed by atoms with E-state index >= 15 is 0 Å². The van der Waals surface area contributed by atoms with Crippen LogP contribution in [0, 0.1) is 23.3 Å². The fourth-order valence-electron chi connectivity index (χ4n) is 3.24. The third-order valence-electron chi connectivity index (χ3n) is 4.94. The molecular formula is C24H16F4N2O4. The van der Waals surface area contributed by atoms with Gasteiger partial charge in [0.15, 0.2) is 35.0 Å². The van der Waals surface area contributed by atoms with E-state index in [0.29, 0.717) is 16.7 Å². The molecule has 4 aromatic rings. The Morgan fingerprint density at radius 1 is 1.00 bits per heavy atom. The zero-order valence-corrected chi connectivity index (χ0v) is 17.6. The monoisotopic (exact) mass is 472 g/mol. The summed E-state index contributed by atoms with van der Waals surface area (Å²) >= 11 is 0. The van der Waals surface area contributed by atoms with Gasteiger partial charge in [0.1, 0.15) is 11.2 Å². The number of halogens is 4. The number of hydrogen-bond acceptors (Lipinski definition) is 5. The second-order valence-electron chi connectivity index (χ2n) is 7.17. The summed E-state index contributed by atoms with van der Waals surface area (Å²) in [6, 6.07) is 13.2. The number of benzene rings is 3. The molecule has 3 aromatic carbocycles. The lowest BCUT2D eigenvalue weighted by molar-refractivity contribution is -0.124. The van der Waals surface area contributed by atoms with Gasteiger partial charge in [-0.2, -0.15) is 0 Å². The number of aromatic nitrogens is 1. The average Bonchev–Trinajstić information content (AvgIpc) is 3.28. The van der Waals surface area contributed by atoms with Crippen LogP contribution in [0.4, 0.5) is 23.2 Å². The van der Waals surface area contributed by atoms with Crippen molar-refractivity contribution >= 4 is 28.7 Å². The molecule has 1 aromatic heterocycles. The average molecular weight is 472 g/mol. The van der Waals surface area contributed by atoms with E-state index in [-0.39, 0.29) is 23.9 Å². The molecule has 34 heavy (non-hydrogen) atoms. The quantitative estimate of drug-likeness (QED) is 0.224. The molecule has 0 aliphatic carbocycles. The Morgan fingerprint density at radius 3 is 2.32 bits per heavy atom. The maximum atomic E-state index is 13.9. The first-order valence-electron chi connectivity index (χ1n) is 10.1. The van der Waals surface area contributed by atoms with E-state index < -0.39 is 46.9 Å². The fraction of sp³-hybridized carbons (Fsp3) is 0.125. The molecule has 6 nitrogen and oxygen atoms in total. The molecule has 1 heterocycles. The van der Waals surface area contributed by atoms with E-state index in [1.54, 1.807) is 47.8 Å². The van der Waals surface area contributed by atoms with E-state index in [4.69, 9.17) is 9.15 Å². The number of rotatable bonds is 6. The Kier molecular flexibility index (Phi) is 6.31. The molecule has 10 heteroatoms. The van der Waals surface area contributed by atoms with E-state index in [1.807, 2.05) is 0 Å². The number of esters is 1. The topological polar surface area (TPSA) is 81.4 Å². The maximum absolute atomic E-state index is 13.9. The Hall–Kier alpha value is -4.21. The number of ether oxygens (including phenoxy) is 1. The fourth-order valence-corrected chi connectivity index (χ4v) is 3.24. The number of oxazole rings is 1. The second-order valence-corrected chi connectivity index (χ2v) is 7.17. The number of anilines is 1. The maximum Gasteiger partial charge on any atom is 0.339 e. The van der Waals surface area contributed by atoms with Crippen LogP contribution >= 0.6 is 0 Å². The van der Waals surface area contributed by atoms with Crippen LogP contribution in [0.2, 0.25) is 0 Å². The number of carbonyl (C=O) groups excluding carboxylic acids is 2. The number of nitrogens with zero attached hydrogens (tertiary/aromatic N) is 1. The van der Waals surface area contributed by atoms with Crippen molar-refractivity contribution in [3.63, 3.8) is 0 Å². The Morgan fingerprint density at radius 2 is 1.65 bits per heavy atom. The first kappa shape index (κ1) is 23.0. The SMILES string of the molecule is CCC(OC(=O)c1ccccc1-c1nc2ccccc2o1)C(=O)Nc1c(F)c(F)cc(F)c1F. The van der Waals surface area contributed by atoms with Crippen LogP contribution in [0.5, 0.6) is 0 Å². The number of carbonyl (C=O) groups is 2. The van der Waals surface area contributed by atoms with Gasteiger partial charge in [-0.1, -0.05) is 31.2 Å². The molecule has 1 atom stereocenters. The zero-order chi connectivity index (χ0) is 24.4. The van der Waals surface area contributed by atoms with Crippen LogP contribution in [-0.4, -0.2) is 23.0 Å². The molecule has 1 unspecified atom stereocenters. The predicted octanol–water partition coefficient (Wildman–Crippen LogP) is 5.63. The molecule has 0 radical (unpaired) electrons. The van der Waals surface area contributed by atoms with Gasteiger partial charge in [-0.15, -0.1) is 0 Å². The summed E-state index contributed by atoms with van der Waals surface area (Å²) in [5.74, 6) is -8.91. The summed E-state index contributed by atoms with van der Waals surface area (Å²) in [5.41, 5.74) is 0.0670. The van der Waals surface area contributed by atoms with E-state index in [0.717, 1.165) is 0 Å². The summed E-state index contributed by atoms with van der Waals surface area (Å²) in [5, 5.41) is 1.76. The van der Waals surface area contributed by atoms with Crippen molar-refractivity contribution in [1.82, 2.24) is 4.98 Å².